The highest BCUT2D eigenvalue weighted by Crippen LogP contribution is 2.28. The van der Waals surface area contributed by atoms with E-state index < -0.39 is 0 Å². The molecule has 0 aliphatic rings. The second-order valence-corrected chi connectivity index (χ2v) is 7.91. The predicted molar refractivity (Wildman–Crippen MR) is 126 cm³/mol. The van der Waals surface area contributed by atoms with Crippen molar-refractivity contribution in [2.75, 3.05) is 32.6 Å². The molecule has 2 aromatic carbocycles. The molecule has 1 N–H and O–H groups in total. The average molecular weight is 467 g/mol. The van der Waals surface area contributed by atoms with E-state index in [1.165, 1.54) is 11.1 Å². The number of hydrogen-bond acceptors (Lipinski definition) is 7. The van der Waals surface area contributed by atoms with Crippen molar-refractivity contribution in [3.8, 4) is 17.3 Å². The summed E-state index contributed by atoms with van der Waals surface area (Å²) in [5.41, 5.74) is 1.76. The van der Waals surface area contributed by atoms with E-state index in [1.54, 1.807) is 42.9 Å². The number of hydrogen-bond donors (Lipinski definition) is 1. The van der Waals surface area contributed by atoms with Crippen molar-refractivity contribution in [2.45, 2.75) is 6.54 Å². The third kappa shape index (κ3) is 4.59. The number of methoxy groups -OCH3 is 1. The lowest BCUT2D eigenvalue weighted by atomic mass is 10.3. The smallest absolute Gasteiger partial charge is 0.240 e. The number of aromatic nitrogens is 4. The Balaban J connectivity index is 1.56. The maximum Gasteiger partial charge on any atom is 0.240 e. The second-order valence-electron chi connectivity index (χ2n) is 7.51. The summed E-state index contributed by atoms with van der Waals surface area (Å²) in [7, 11) is 5.03. The van der Waals surface area contributed by atoms with Gasteiger partial charge in [-0.3, -0.25) is 9.69 Å². The number of nitrogens with zero attached hydrogens (tertiary/aromatic N) is 6. The van der Waals surface area contributed by atoms with Crippen molar-refractivity contribution < 1.29 is 14.6 Å². The fourth-order valence-electron chi connectivity index (χ4n) is 3.48. The summed E-state index contributed by atoms with van der Waals surface area (Å²) in [5, 5.41) is 15.7. The van der Waals surface area contributed by atoms with Crippen LogP contribution in [-0.4, -0.2) is 63.4 Å². The van der Waals surface area contributed by atoms with Gasteiger partial charge in [-0.25, -0.2) is 9.67 Å². The number of likely N-dealkylation sites (N-methyl/N-ethyl adjacent to an activating group) is 2. The fraction of sp³-hybridized carbons (Fsp3) is 0.217. The molecule has 4 rings (SSSR count). The molecule has 0 aliphatic heterocycles. The lowest BCUT2D eigenvalue weighted by Crippen LogP contribution is -2.36. The summed E-state index contributed by atoms with van der Waals surface area (Å²) in [6.45, 7) is 0.346. The van der Waals surface area contributed by atoms with Gasteiger partial charge in [-0.15, -0.1) is 0 Å². The van der Waals surface area contributed by atoms with Crippen molar-refractivity contribution in [3.63, 3.8) is 0 Å². The molecule has 0 saturated carbocycles. The Morgan fingerprint density at radius 3 is 2.61 bits per heavy atom. The minimum absolute atomic E-state index is 0.107. The summed E-state index contributed by atoms with van der Waals surface area (Å²) >= 11 is 6.21. The van der Waals surface area contributed by atoms with Crippen LogP contribution in [0.2, 0.25) is 5.02 Å². The van der Waals surface area contributed by atoms with Gasteiger partial charge in [-0.2, -0.15) is 10.1 Å². The third-order valence-corrected chi connectivity index (χ3v) is 5.49. The van der Waals surface area contributed by atoms with E-state index in [0.717, 1.165) is 0 Å². The summed E-state index contributed by atoms with van der Waals surface area (Å²) < 4.78 is 7.02. The molecule has 1 amide bonds. The minimum atomic E-state index is -0.177. The molecule has 170 valence electrons. The third-order valence-electron chi connectivity index (χ3n) is 5.17. The number of para-hydroxylation sites is 3. The molecular weight excluding hydrogens is 444 g/mol. The van der Waals surface area contributed by atoms with Gasteiger partial charge in [-0.1, -0.05) is 35.9 Å². The first-order valence-electron chi connectivity index (χ1n) is 10.2. The number of fused-ring (bicyclic) bond motifs is 1. The van der Waals surface area contributed by atoms with Crippen LogP contribution in [0.15, 0.2) is 54.7 Å². The quantitative estimate of drug-likeness (QED) is 0.446. The Kier molecular flexibility index (Phi) is 6.43. The van der Waals surface area contributed by atoms with Crippen LogP contribution in [0.5, 0.6) is 11.6 Å². The maximum atomic E-state index is 12.8. The number of rotatable bonds is 7. The minimum Gasteiger partial charge on any atom is -0.494 e. The van der Waals surface area contributed by atoms with E-state index in [9.17, 15) is 9.90 Å². The number of carbonyl (C=O) groups is 1. The first kappa shape index (κ1) is 22.5. The lowest BCUT2D eigenvalue weighted by molar-refractivity contribution is -0.119. The largest absolute Gasteiger partial charge is 0.494 e. The van der Waals surface area contributed by atoms with Crippen LogP contribution in [0.4, 0.5) is 5.69 Å². The highest BCUT2D eigenvalue weighted by atomic mass is 35.5. The highest BCUT2D eigenvalue weighted by Gasteiger charge is 2.19. The molecule has 0 fully saturated rings. The van der Waals surface area contributed by atoms with Crippen molar-refractivity contribution in [1.29, 1.82) is 0 Å². The molecule has 0 radical (unpaired) electrons. The zero-order chi connectivity index (χ0) is 23.5. The van der Waals surface area contributed by atoms with Gasteiger partial charge in [0.15, 0.2) is 5.65 Å². The van der Waals surface area contributed by atoms with E-state index in [1.807, 2.05) is 36.4 Å². The zero-order valence-corrected chi connectivity index (χ0v) is 19.2. The highest BCUT2D eigenvalue weighted by molar-refractivity contribution is 6.33. The van der Waals surface area contributed by atoms with E-state index in [0.29, 0.717) is 39.0 Å². The number of amides is 1. The predicted octanol–water partition coefficient (Wildman–Crippen LogP) is 3.28. The van der Waals surface area contributed by atoms with Crippen LogP contribution in [0, 0.1) is 0 Å². The number of anilines is 1. The Morgan fingerprint density at radius 1 is 1.12 bits per heavy atom. The van der Waals surface area contributed by atoms with Gasteiger partial charge in [0.2, 0.25) is 11.8 Å². The van der Waals surface area contributed by atoms with Crippen LogP contribution in [0.3, 0.4) is 0 Å². The molecule has 2 heterocycles. The second kappa shape index (κ2) is 9.43. The molecular formula is C23H23ClN6O3. The summed E-state index contributed by atoms with van der Waals surface area (Å²) in [4.78, 5) is 24.8. The Labute approximate surface area is 195 Å². The molecule has 4 aromatic rings. The topological polar surface area (TPSA) is 96.6 Å². The van der Waals surface area contributed by atoms with Gasteiger partial charge in [0.05, 0.1) is 37.1 Å². The lowest BCUT2D eigenvalue weighted by Gasteiger charge is -2.22. The molecule has 0 saturated heterocycles. The molecule has 0 bridgehead atoms. The summed E-state index contributed by atoms with van der Waals surface area (Å²) in [6, 6.07) is 14.5. The Bertz CT molecular complexity index is 1310. The average Bonchev–Trinajstić information content (AvgIpc) is 3.23. The van der Waals surface area contributed by atoms with Gasteiger partial charge in [0.1, 0.15) is 22.6 Å². The molecule has 10 heteroatoms. The zero-order valence-electron chi connectivity index (χ0n) is 18.4. The van der Waals surface area contributed by atoms with E-state index in [2.05, 4.69) is 15.1 Å². The van der Waals surface area contributed by atoms with Crippen molar-refractivity contribution in [2.24, 2.45) is 0 Å². The van der Waals surface area contributed by atoms with Crippen LogP contribution in [0.1, 0.15) is 5.82 Å². The molecule has 33 heavy (non-hydrogen) atoms. The van der Waals surface area contributed by atoms with Crippen molar-refractivity contribution >= 4 is 34.2 Å². The standard InChI is InChI=1S/C23H23ClN6O3/c1-28(14-21(31)29(2)17-9-5-4-8-16(17)24)13-20-26-22-15(23(32)27-20)12-25-30(22)18-10-6-7-11-19(18)33-3/h4-12H,13-14H2,1-3H3,(H,26,27,32). The van der Waals surface area contributed by atoms with E-state index in [-0.39, 0.29) is 24.9 Å². The Morgan fingerprint density at radius 2 is 1.85 bits per heavy atom. The van der Waals surface area contributed by atoms with E-state index >= 15 is 0 Å². The van der Waals surface area contributed by atoms with E-state index in [4.69, 9.17) is 16.3 Å². The first-order chi connectivity index (χ1) is 15.9. The number of halogens is 1. The monoisotopic (exact) mass is 466 g/mol. The number of aromatic hydroxyl groups is 1. The van der Waals surface area contributed by atoms with Gasteiger partial charge < -0.3 is 14.7 Å². The van der Waals surface area contributed by atoms with Gasteiger partial charge >= 0.3 is 0 Å². The number of carbonyl (C=O) groups excluding carboxylic acids is 1. The molecule has 0 unspecified atom stereocenters. The molecule has 9 nitrogen and oxygen atoms in total. The fourth-order valence-corrected chi connectivity index (χ4v) is 3.74. The number of ether oxygens (including phenoxy) is 1. The van der Waals surface area contributed by atoms with Crippen molar-refractivity contribution in [3.05, 3.63) is 65.6 Å². The van der Waals surface area contributed by atoms with Crippen LogP contribution < -0.4 is 9.64 Å². The van der Waals surface area contributed by atoms with Gasteiger partial charge in [0, 0.05) is 7.05 Å². The maximum absolute atomic E-state index is 12.8. The summed E-state index contributed by atoms with van der Waals surface area (Å²) in [6.07, 6.45) is 1.51. The number of benzene rings is 2. The normalized spacial score (nSPS) is 11.2. The Hall–Kier alpha value is -3.69. The molecule has 0 aliphatic carbocycles. The molecule has 2 aromatic heterocycles. The summed E-state index contributed by atoms with van der Waals surface area (Å²) in [5.74, 6) is 0.652. The molecule has 0 spiro atoms. The van der Waals surface area contributed by atoms with Crippen LogP contribution >= 0.6 is 11.6 Å². The van der Waals surface area contributed by atoms with Gasteiger partial charge in [0.25, 0.3) is 0 Å². The first-order valence-corrected chi connectivity index (χ1v) is 10.5. The molecule has 0 atom stereocenters. The SMILES string of the molecule is COc1ccccc1-n1ncc2c(O)nc(CN(C)CC(=O)N(C)c3ccccc3Cl)nc21. The van der Waals surface area contributed by atoms with Crippen LogP contribution in [0.25, 0.3) is 16.7 Å². The van der Waals surface area contributed by atoms with Gasteiger partial charge in [-0.05, 0) is 31.3 Å². The van der Waals surface area contributed by atoms with Crippen molar-refractivity contribution in [1.82, 2.24) is 24.6 Å². The van der Waals surface area contributed by atoms with Crippen LogP contribution in [-0.2, 0) is 11.3 Å².